The van der Waals surface area contributed by atoms with Crippen LogP contribution in [0, 0.1) is 0 Å². The zero-order valence-corrected chi connectivity index (χ0v) is 23.4. The molecule has 3 N–H and O–H groups in total. The van der Waals surface area contributed by atoms with Crippen LogP contribution in [0.5, 0.6) is 0 Å². The standard InChI is InChI=1S/C27H42N8O2/c1-24(2)14-19(15-25(3,4)34(24)36)29-22-31-21(28-18-12-10-9-11-13-18)32-23(33-22)30-20-16-26(5,6)35(37)27(7,8)17-20/h9-13,19-20H,14-17H2,1-8H3,(H3,28,29,30,31,32,33). The summed E-state index contributed by atoms with van der Waals surface area (Å²) in [5.41, 5.74) is -1.18. The average molecular weight is 511 g/mol. The summed E-state index contributed by atoms with van der Waals surface area (Å²) in [4.78, 5) is 14.1. The summed E-state index contributed by atoms with van der Waals surface area (Å²) >= 11 is 0. The molecular formula is C27H42N8O2. The van der Waals surface area contributed by atoms with Gasteiger partial charge in [-0.25, -0.2) is 0 Å². The topological polar surface area (TPSA) is 121 Å². The third-order valence-corrected chi connectivity index (χ3v) is 7.51. The van der Waals surface area contributed by atoms with Crippen LogP contribution in [-0.4, -0.2) is 59.3 Å². The van der Waals surface area contributed by atoms with Crippen molar-refractivity contribution in [3.05, 3.63) is 30.3 Å². The summed E-state index contributed by atoms with van der Waals surface area (Å²) in [6, 6.07) is 9.80. The molecule has 2 aliphatic heterocycles. The van der Waals surface area contributed by atoms with Crippen molar-refractivity contribution in [2.75, 3.05) is 16.0 Å². The molecule has 2 aliphatic rings. The van der Waals surface area contributed by atoms with E-state index in [1.807, 2.05) is 85.7 Å². The monoisotopic (exact) mass is 510 g/mol. The molecule has 2 saturated heterocycles. The minimum absolute atomic E-state index is 0.0246. The summed E-state index contributed by atoms with van der Waals surface area (Å²) in [6.07, 6.45) is 2.67. The molecule has 0 saturated carbocycles. The Morgan fingerprint density at radius 1 is 0.622 bits per heavy atom. The molecule has 0 spiro atoms. The maximum atomic E-state index is 12.8. The van der Waals surface area contributed by atoms with Crippen LogP contribution in [0.3, 0.4) is 0 Å². The predicted octanol–water partition coefficient (Wildman–Crippen LogP) is 5.17. The average Bonchev–Trinajstić information content (AvgIpc) is 2.75. The Hall–Kier alpha value is -2.53. The molecule has 0 atom stereocenters. The fraction of sp³-hybridized carbons (Fsp3) is 0.667. The number of aromatic nitrogens is 3. The molecule has 2 aromatic rings. The third-order valence-electron chi connectivity index (χ3n) is 7.51. The van der Waals surface area contributed by atoms with Gasteiger partial charge in [-0.1, -0.05) is 18.2 Å². The number of benzene rings is 1. The van der Waals surface area contributed by atoms with E-state index in [1.54, 1.807) is 0 Å². The number of nitrogens with zero attached hydrogens (tertiary/aromatic N) is 5. The Morgan fingerprint density at radius 2 is 0.973 bits per heavy atom. The Labute approximate surface area is 220 Å². The van der Waals surface area contributed by atoms with Crippen LogP contribution in [-0.2, 0) is 10.4 Å². The fourth-order valence-corrected chi connectivity index (χ4v) is 6.31. The number of hydrogen-bond acceptors (Lipinski definition) is 8. The molecule has 2 radical (unpaired) electrons. The molecule has 1 aromatic carbocycles. The van der Waals surface area contributed by atoms with Crippen LogP contribution in [0.4, 0.5) is 23.5 Å². The van der Waals surface area contributed by atoms with Crippen molar-refractivity contribution in [2.24, 2.45) is 0 Å². The van der Waals surface area contributed by atoms with Crippen molar-refractivity contribution in [3.63, 3.8) is 0 Å². The van der Waals surface area contributed by atoms with Gasteiger partial charge in [0.25, 0.3) is 0 Å². The molecule has 4 rings (SSSR count). The molecule has 0 amide bonds. The second-order valence-corrected chi connectivity index (χ2v) is 13.1. The first-order valence-corrected chi connectivity index (χ1v) is 13.1. The number of piperidine rings is 2. The van der Waals surface area contributed by atoms with Crippen LogP contribution in [0.25, 0.3) is 0 Å². The molecule has 10 nitrogen and oxygen atoms in total. The lowest BCUT2D eigenvalue weighted by molar-refractivity contribution is -0.288. The van der Waals surface area contributed by atoms with Crippen LogP contribution in [0.1, 0.15) is 81.1 Å². The smallest absolute Gasteiger partial charge is 0.233 e. The van der Waals surface area contributed by atoms with Crippen molar-refractivity contribution in [1.29, 1.82) is 0 Å². The maximum absolute atomic E-state index is 12.8. The van der Waals surface area contributed by atoms with Crippen LogP contribution < -0.4 is 16.0 Å². The summed E-state index contributed by atoms with van der Waals surface area (Å²) < 4.78 is 0. The highest BCUT2D eigenvalue weighted by atomic mass is 16.5. The van der Waals surface area contributed by atoms with Crippen LogP contribution in [0.2, 0.25) is 0 Å². The van der Waals surface area contributed by atoms with Crippen molar-refractivity contribution in [2.45, 2.75) is 115 Å². The van der Waals surface area contributed by atoms with Crippen LogP contribution >= 0.6 is 0 Å². The van der Waals surface area contributed by atoms with Crippen LogP contribution in [0.15, 0.2) is 30.3 Å². The number of para-hydroxylation sites is 1. The van der Waals surface area contributed by atoms with E-state index in [0.717, 1.165) is 5.69 Å². The summed E-state index contributed by atoms with van der Waals surface area (Å²) in [7, 11) is 0. The Morgan fingerprint density at radius 3 is 1.35 bits per heavy atom. The minimum Gasteiger partial charge on any atom is -0.351 e. The molecular weight excluding hydrogens is 468 g/mol. The zero-order valence-electron chi connectivity index (χ0n) is 23.4. The summed E-state index contributed by atoms with van der Waals surface area (Å²) in [5, 5.41) is 38.3. The van der Waals surface area contributed by atoms with Gasteiger partial charge in [0, 0.05) is 39.9 Å². The first-order valence-electron chi connectivity index (χ1n) is 13.1. The molecule has 37 heavy (non-hydrogen) atoms. The normalized spacial score (nSPS) is 23.9. The van der Waals surface area contributed by atoms with E-state index in [2.05, 4.69) is 25.9 Å². The highest BCUT2D eigenvalue weighted by Crippen LogP contribution is 2.39. The van der Waals surface area contributed by atoms with Gasteiger partial charge in [-0.3, -0.25) is 0 Å². The van der Waals surface area contributed by atoms with E-state index in [1.165, 1.54) is 10.1 Å². The van der Waals surface area contributed by atoms with Crippen molar-refractivity contribution >= 4 is 23.5 Å². The number of nitrogens with one attached hydrogen (secondary N) is 3. The van der Waals surface area contributed by atoms with E-state index in [9.17, 15) is 10.4 Å². The molecule has 10 heteroatoms. The Kier molecular flexibility index (Phi) is 7.17. The number of anilines is 4. The van der Waals surface area contributed by atoms with Gasteiger partial charge in [-0.05, 0) is 93.2 Å². The molecule has 2 fully saturated rings. The van der Waals surface area contributed by atoms with Gasteiger partial charge in [0.2, 0.25) is 17.8 Å². The maximum Gasteiger partial charge on any atom is 0.233 e. The van der Waals surface area contributed by atoms with E-state index < -0.39 is 22.2 Å². The lowest BCUT2D eigenvalue weighted by Crippen LogP contribution is -2.60. The zero-order chi connectivity index (χ0) is 27.2. The third kappa shape index (κ3) is 6.14. The van der Waals surface area contributed by atoms with E-state index in [4.69, 9.17) is 4.98 Å². The molecule has 1 aromatic heterocycles. The lowest BCUT2D eigenvalue weighted by Gasteiger charge is -2.50. The highest BCUT2D eigenvalue weighted by Gasteiger charge is 2.47. The Balaban J connectivity index is 1.61. The second kappa shape index (κ2) is 9.65. The molecule has 3 heterocycles. The van der Waals surface area contributed by atoms with Gasteiger partial charge in [0.1, 0.15) is 0 Å². The lowest BCUT2D eigenvalue weighted by atomic mass is 9.79. The quantitative estimate of drug-likeness (QED) is 0.486. The van der Waals surface area contributed by atoms with E-state index >= 15 is 0 Å². The number of hydroxylamine groups is 4. The summed E-state index contributed by atoms with van der Waals surface area (Å²) in [5.74, 6) is 1.32. The molecule has 0 aliphatic carbocycles. The van der Waals surface area contributed by atoms with Gasteiger partial charge in [0.15, 0.2) is 0 Å². The van der Waals surface area contributed by atoms with Crippen molar-refractivity contribution in [3.8, 4) is 0 Å². The number of rotatable bonds is 6. The molecule has 0 unspecified atom stereocenters. The largest absolute Gasteiger partial charge is 0.351 e. The van der Waals surface area contributed by atoms with Gasteiger partial charge in [0.05, 0.1) is 0 Å². The number of hydrogen-bond donors (Lipinski definition) is 3. The van der Waals surface area contributed by atoms with Gasteiger partial charge < -0.3 is 16.0 Å². The van der Waals surface area contributed by atoms with Gasteiger partial charge in [-0.2, -0.15) is 15.0 Å². The fourth-order valence-electron chi connectivity index (χ4n) is 6.31. The van der Waals surface area contributed by atoms with Crippen molar-refractivity contribution in [1.82, 2.24) is 25.1 Å². The highest BCUT2D eigenvalue weighted by molar-refractivity contribution is 5.55. The molecule has 202 valence electrons. The van der Waals surface area contributed by atoms with Gasteiger partial charge >= 0.3 is 0 Å². The van der Waals surface area contributed by atoms with Crippen molar-refractivity contribution < 1.29 is 10.4 Å². The second-order valence-electron chi connectivity index (χ2n) is 13.1. The molecule has 0 bridgehead atoms. The van der Waals surface area contributed by atoms with E-state index in [0.29, 0.717) is 43.5 Å². The Bertz CT molecular complexity index is 991. The minimum atomic E-state index is -0.512. The first kappa shape index (κ1) is 27.5. The SMILES string of the molecule is CC1(C)CC(Nc2nc(Nc3ccccc3)nc(NC3CC(C)(C)N([O])C(C)(C)C3)n2)CC(C)(C)N1[O]. The van der Waals surface area contributed by atoms with Gasteiger partial charge in [-0.15, -0.1) is 20.5 Å². The van der Waals surface area contributed by atoms with E-state index in [-0.39, 0.29) is 12.1 Å². The summed E-state index contributed by atoms with van der Waals surface area (Å²) in [6.45, 7) is 15.8. The first-order chi connectivity index (χ1) is 17.1. The predicted molar refractivity (Wildman–Crippen MR) is 144 cm³/mol.